The second-order valence-corrected chi connectivity index (χ2v) is 6.88. The van der Waals surface area contributed by atoms with Gasteiger partial charge < -0.3 is 14.4 Å². The average Bonchev–Trinajstić information content (AvgIpc) is 2.86. The normalized spacial score (nSPS) is 26.9. The standard InChI is InChI=1S/C18H27NO3/c1-13-7-8-17(14-5-3-2-4-6-14)19(13)10-9-16-11-15(20)12-18(21)22-16/h7-8,14-16,20H,2-6,9-12H2,1H3/t15-,16-/m1/s1. The minimum atomic E-state index is -0.533. The second-order valence-electron chi connectivity index (χ2n) is 6.88. The first-order valence-corrected chi connectivity index (χ1v) is 8.67. The van der Waals surface area contributed by atoms with Gasteiger partial charge in [-0.05, 0) is 37.8 Å². The van der Waals surface area contributed by atoms with Crippen molar-refractivity contribution in [1.82, 2.24) is 4.57 Å². The summed E-state index contributed by atoms with van der Waals surface area (Å²) in [6.07, 6.45) is 7.46. The van der Waals surface area contributed by atoms with Crippen LogP contribution in [0.4, 0.5) is 0 Å². The molecule has 2 heterocycles. The summed E-state index contributed by atoms with van der Waals surface area (Å²) in [5.41, 5.74) is 2.73. The Morgan fingerprint density at radius 2 is 2.05 bits per heavy atom. The number of esters is 1. The van der Waals surface area contributed by atoms with Gasteiger partial charge >= 0.3 is 5.97 Å². The maximum absolute atomic E-state index is 11.4. The molecule has 0 spiro atoms. The molecule has 4 nitrogen and oxygen atoms in total. The molecule has 0 radical (unpaired) electrons. The monoisotopic (exact) mass is 305 g/mol. The number of aliphatic hydroxyl groups is 1. The predicted octanol–water partition coefficient (Wildman–Crippen LogP) is 3.30. The molecule has 1 aromatic rings. The van der Waals surface area contributed by atoms with E-state index < -0.39 is 6.10 Å². The molecule has 3 rings (SSSR count). The number of carbonyl (C=O) groups excluding carboxylic acids is 1. The quantitative estimate of drug-likeness (QED) is 0.868. The van der Waals surface area contributed by atoms with Crippen molar-refractivity contribution in [2.24, 2.45) is 0 Å². The summed E-state index contributed by atoms with van der Waals surface area (Å²) in [7, 11) is 0. The Labute approximate surface area is 132 Å². The maximum atomic E-state index is 11.4. The van der Waals surface area contributed by atoms with Crippen LogP contribution in [0.2, 0.25) is 0 Å². The van der Waals surface area contributed by atoms with Crippen molar-refractivity contribution < 1.29 is 14.6 Å². The fourth-order valence-corrected chi connectivity index (χ4v) is 3.96. The Morgan fingerprint density at radius 3 is 2.77 bits per heavy atom. The third-order valence-corrected chi connectivity index (χ3v) is 5.17. The Hall–Kier alpha value is -1.29. The number of aryl methyl sites for hydroxylation is 1. The molecule has 1 N–H and O–H groups in total. The number of hydrogen-bond donors (Lipinski definition) is 1. The van der Waals surface area contributed by atoms with Crippen LogP contribution in [0.1, 0.15) is 68.7 Å². The van der Waals surface area contributed by atoms with E-state index in [1.165, 1.54) is 43.5 Å². The molecule has 1 saturated heterocycles. The van der Waals surface area contributed by atoms with E-state index in [2.05, 4.69) is 23.6 Å². The van der Waals surface area contributed by atoms with Gasteiger partial charge in [-0.1, -0.05) is 19.3 Å². The number of cyclic esters (lactones) is 1. The molecule has 0 bridgehead atoms. The Kier molecular flexibility index (Phi) is 4.87. The lowest BCUT2D eigenvalue weighted by Gasteiger charge is -2.28. The van der Waals surface area contributed by atoms with E-state index in [0.717, 1.165) is 13.0 Å². The number of ether oxygens (including phenoxy) is 1. The van der Waals surface area contributed by atoms with Gasteiger partial charge in [0.1, 0.15) is 6.10 Å². The van der Waals surface area contributed by atoms with Crippen molar-refractivity contribution in [3.63, 3.8) is 0 Å². The van der Waals surface area contributed by atoms with Crippen LogP contribution in [0.25, 0.3) is 0 Å². The first-order chi connectivity index (χ1) is 10.6. The molecule has 1 aromatic heterocycles. The fourth-order valence-electron chi connectivity index (χ4n) is 3.96. The van der Waals surface area contributed by atoms with Gasteiger partial charge in [-0.2, -0.15) is 0 Å². The number of rotatable bonds is 4. The molecule has 0 amide bonds. The molecule has 1 aliphatic heterocycles. The minimum Gasteiger partial charge on any atom is -0.462 e. The van der Waals surface area contributed by atoms with Crippen LogP contribution in [0, 0.1) is 6.92 Å². The third-order valence-electron chi connectivity index (χ3n) is 5.17. The zero-order valence-electron chi connectivity index (χ0n) is 13.5. The molecule has 2 fully saturated rings. The summed E-state index contributed by atoms with van der Waals surface area (Å²) in [6.45, 7) is 3.02. The highest BCUT2D eigenvalue weighted by molar-refractivity contribution is 5.70. The van der Waals surface area contributed by atoms with Gasteiger partial charge in [0.25, 0.3) is 0 Å². The fraction of sp³-hybridized carbons (Fsp3) is 0.722. The van der Waals surface area contributed by atoms with Crippen molar-refractivity contribution in [3.05, 3.63) is 23.5 Å². The van der Waals surface area contributed by atoms with Crippen LogP contribution in [0.15, 0.2) is 12.1 Å². The number of aromatic nitrogens is 1. The highest BCUT2D eigenvalue weighted by atomic mass is 16.5. The summed E-state index contributed by atoms with van der Waals surface area (Å²) in [5.74, 6) is 0.419. The first-order valence-electron chi connectivity index (χ1n) is 8.67. The van der Waals surface area contributed by atoms with E-state index in [1.807, 2.05) is 0 Å². The molecule has 122 valence electrons. The van der Waals surface area contributed by atoms with Gasteiger partial charge in [0, 0.05) is 30.8 Å². The van der Waals surface area contributed by atoms with Crippen LogP contribution in [0.5, 0.6) is 0 Å². The summed E-state index contributed by atoms with van der Waals surface area (Å²) < 4.78 is 7.76. The van der Waals surface area contributed by atoms with E-state index in [4.69, 9.17) is 4.74 Å². The van der Waals surface area contributed by atoms with Gasteiger partial charge in [0.15, 0.2) is 0 Å². The lowest BCUT2D eigenvalue weighted by atomic mass is 9.87. The summed E-state index contributed by atoms with van der Waals surface area (Å²) in [5, 5.41) is 9.71. The molecule has 0 aromatic carbocycles. The van der Waals surface area contributed by atoms with Crippen molar-refractivity contribution in [2.45, 2.75) is 83.0 Å². The number of hydrogen-bond acceptors (Lipinski definition) is 3. The summed E-state index contributed by atoms with van der Waals surface area (Å²) >= 11 is 0. The summed E-state index contributed by atoms with van der Waals surface area (Å²) in [4.78, 5) is 11.4. The van der Waals surface area contributed by atoms with Crippen LogP contribution < -0.4 is 0 Å². The van der Waals surface area contributed by atoms with Crippen LogP contribution >= 0.6 is 0 Å². The Morgan fingerprint density at radius 1 is 1.27 bits per heavy atom. The number of nitrogens with zero attached hydrogens (tertiary/aromatic N) is 1. The molecular formula is C18H27NO3. The Bertz CT molecular complexity index is 516. The highest BCUT2D eigenvalue weighted by Gasteiger charge is 2.27. The van der Waals surface area contributed by atoms with Crippen LogP contribution in [-0.4, -0.2) is 27.9 Å². The second kappa shape index (κ2) is 6.86. The lowest BCUT2D eigenvalue weighted by molar-refractivity contribution is -0.160. The van der Waals surface area contributed by atoms with Crippen molar-refractivity contribution in [2.75, 3.05) is 0 Å². The average molecular weight is 305 g/mol. The van der Waals surface area contributed by atoms with Gasteiger partial charge in [-0.15, -0.1) is 0 Å². The van der Waals surface area contributed by atoms with Gasteiger partial charge in [-0.3, -0.25) is 4.79 Å². The zero-order valence-corrected chi connectivity index (χ0v) is 13.5. The molecule has 22 heavy (non-hydrogen) atoms. The summed E-state index contributed by atoms with van der Waals surface area (Å²) in [6, 6.07) is 4.47. The van der Waals surface area contributed by atoms with Crippen molar-refractivity contribution in [3.8, 4) is 0 Å². The van der Waals surface area contributed by atoms with E-state index in [-0.39, 0.29) is 18.5 Å². The number of carbonyl (C=O) groups is 1. The smallest absolute Gasteiger partial charge is 0.308 e. The van der Waals surface area contributed by atoms with E-state index in [0.29, 0.717) is 12.3 Å². The Balaban J connectivity index is 1.64. The topological polar surface area (TPSA) is 51.5 Å². The van der Waals surface area contributed by atoms with Gasteiger partial charge in [0.05, 0.1) is 12.5 Å². The number of aliphatic hydroxyl groups excluding tert-OH is 1. The molecule has 1 aliphatic carbocycles. The SMILES string of the molecule is Cc1ccc(C2CCCCC2)n1CC[C@@H]1C[C@@H](O)CC(=O)O1. The highest BCUT2D eigenvalue weighted by Crippen LogP contribution is 2.34. The van der Waals surface area contributed by atoms with Crippen LogP contribution in [-0.2, 0) is 16.1 Å². The zero-order chi connectivity index (χ0) is 15.5. The predicted molar refractivity (Wildman–Crippen MR) is 84.7 cm³/mol. The molecule has 2 atom stereocenters. The first kappa shape index (κ1) is 15.6. The molecular weight excluding hydrogens is 278 g/mol. The van der Waals surface area contributed by atoms with Gasteiger partial charge in [0.2, 0.25) is 0 Å². The molecule has 0 unspecified atom stereocenters. The van der Waals surface area contributed by atoms with Gasteiger partial charge in [-0.25, -0.2) is 0 Å². The molecule has 2 aliphatic rings. The lowest BCUT2D eigenvalue weighted by Crippen LogP contribution is -2.33. The molecule has 1 saturated carbocycles. The van der Waals surface area contributed by atoms with E-state index in [9.17, 15) is 9.90 Å². The van der Waals surface area contributed by atoms with Crippen molar-refractivity contribution >= 4 is 5.97 Å². The molecule has 4 heteroatoms. The third kappa shape index (κ3) is 3.54. The minimum absolute atomic E-state index is 0.141. The van der Waals surface area contributed by atoms with E-state index in [1.54, 1.807) is 0 Å². The van der Waals surface area contributed by atoms with Crippen LogP contribution in [0.3, 0.4) is 0 Å². The van der Waals surface area contributed by atoms with Crippen molar-refractivity contribution in [1.29, 1.82) is 0 Å². The van der Waals surface area contributed by atoms with E-state index >= 15 is 0 Å². The largest absolute Gasteiger partial charge is 0.462 e. The maximum Gasteiger partial charge on any atom is 0.308 e.